The minimum Gasteiger partial charge on any atom is -0.490 e. The maximum Gasteiger partial charge on any atom is 0.354 e. The van der Waals surface area contributed by atoms with Crippen LogP contribution in [-0.4, -0.2) is 30.8 Å². The average Bonchev–Trinajstić information content (AvgIpc) is 2.73. The number of hydrogen-bond donors (Lipinski definition) is 0. The lowest BCUT2D eigenvalue weighted by Gasteiger charge is -2.24. The number of carbonyl (C=O) groups excluding carboxylic acids is 2. The van der Waals surface area contributed by atoms with E-state index in [1.807, 2.05) is 38.1 Å². The van der Waals surface area contributed by atoms with E-state index in [2.05, 4.69) is 5.10 Å². The van der Waals surface area contributed by atoms with Crippen LogP contribution in [0.3, 0.4) is 0 Å². The molecule has 7 nitrogen and oxygen atoms in total. The molecule has 1 aliphatic heterocycles. The number of carbonyl (C=O) groups is 2. The molecule has 0 atom stereocenters. The summed E-state index contributed by atoms with van der Waals surface area (Å²) in [4.78, 5) is 24.7. The Kier molecular flexibility index (Phi) is 6.25. The summed E-state index contributed by atoms with van der Waals surface area (Å²) in [5.74, 6) is -0.127. The van der Waals surface area contributed by atoms with Gasteiger partial charge in [-0.05, 0) is 55.3 Å². The molecule has 2 aromatic rings. The van der Waals surface area contributed by atoms with Gasteiger partial charge >= 0.3 is 5.97 Å². The zero-order chi connectivity index (χ0) is 20.8. The summed E-state index contributed by atoms with van der Waals surface area (Å²) in [5, 5.41) is 14.3. The summed E-state index contributed by atoms with van der Waals surface area (Å²) >= 11 is 0. The predicted octanol–water partition coefficient (Wildman–Crippen LogP) is 3.28. The van der Waals surface area contributed by atoms with E-state index < -0.39 is 5.97 Å². The largest absolute Gasteiger partial charge is 0.490 e. The van der Waals surface area contributed by atoms with E-state index in [-0.39, 0.29) is 37.7 Å². The van der Waals surface area contributed by atoms with Crippen molar-refractivity contribution in [3.8, 4) is 11.8 Å². The topological polar surface area (TPSA) is 92.0 Å². The third-order valence-corrected chi connectivity index (χ3v) is 4.43. The number of esters is 1. The molecule has 0 fully saturated rings. The number of hydrazone groups is 1. The Balaban J connectivity index is 1.59. The van der Waals surface area contributed by atoms with Gasteiger partial charge in [0.1, 0.15) is 24.7 Å². The number of hydrogen-bond acceptors (Lipinski definition) is 6. The van der Waals surface area contributed by atoms with E-state index in [0.717, 1.165) is 11.1 Å². The van der Waals surface area contributed by atoms with Crippen LogP contribution in [0, 0.1) is 25.2 Å². The van der Waals surface area contributed by atoms with Gasteiger partial charge in [0.25, 0.3) is 0 Å². The summed E-state index contributed by atoms with van der Waals surface area (Å²) in [6, 6.07) is 14.4. The van der Waals surface area contributed by atoms with Crippen LogP contribution in [0.4, 0.5) is 5.69 Å². The smallest absolute Gasteiger partial charge is 0.354 e. The Bertz CT molecular complexity index is 990. The first kappa shape index (κ1) is 20.1. The third-order valence-electron chi connectivity index (χ3n) is 4.43. The molecule has 2 aromatic carbocycles. The fourth-order valence-electron chi connectivity index (χ4n) is 2.84. The Labute approximate surface area is 169 Å². The summed E-state index contributed by atoms with van der Waals surface area (Å²) in [6.07, 6.45) is 0.443. The number of nitrogens with zero attached hydrogens (tertiary/aromatic N) is 3. The van der Waals surface area contributed by atoms with Crippen LogP contribution in [-0.2, 0) is 14.3 Å². The second kappa shape index (κ2) is 9.02. The zero-order valence-corrected chi connectivity index (χ0v) is 16.3. The normalized spacial score (nSPS) is 13.5. The Hall–Kier alpha value is -3.66. The molecule has 0 N–H and O–H groups in total. The summed E-state index contributed by atoms with van der Waals surface area (Å²) in [6.45, 7) is 4.05. The highest BCUT2D eigenvalue weighted by Gasteiger charge is 2.27. The molecule has 7 heteroatoms. The van der Waals surface area contributed by atoms with Crippen LogP contribution >= 0.6 is 0 Å². The highest BCUT2D eigenvalue weighted by molar-refractivity contribution is 6.38. The molecule has 0 spiro atoms. The maximum atomic E-state index is 12.3. The predicted molar refractivity (Wildman–Crippen MR) is 108 cm³/mol. The summed E-state index contributed by atoms with van der Waals surface area (Å²) in [5.41, 5.74) is 3.33. The van der Waals surface area contributed by atoms with Crippen molar-refractivity contribution in [2.24, 2.45) is 5.10 Å². The molecule has 1 aliphatic rings. The molecule has 0 aliphatic carbocycles. The van der Waals surface area contributed by atoms with Gasteiger partial charge in [-0.2, -0.15) is 15.4 Å². The Morgan fingerprint density at radius 2 is 1.90 bits per heavy atom. The van der Waals surface area contributed by atoms with Gasteiger partial charge in [-0.3, -0.25) is 4.79 Å². The van der Waals surface area contributed by atoms with Crippen molar-refractivity contribution in [1.29, 1.82) is 5.26 Å². The monoisotopic (exact) mass is 391 g/mol. The number of aryl methyl sites for hydroxylation is 2. The fourth-order valence-corrected chi connectivity index (χ4v) is 2.84. The number of anilines is 1. The first-order chi connectivity index (χ1) is 14.0. The van der Waals surface area contributed by atoms with Gasteiger partial charge in [0, 0.05) is 12.8 Å². The van der Waals surface area contributed by atoms with Crippen LogP contribution in [0.2, 0.25) is 0 Å². The Morgan fingerprint density at radius 1 is 1.14 bits per heavy atom. The van der Waals surface area contributed by atoms with Crippen LogP contribution in [0.15, 0.2) is 47.6 Å². The van der Waals surface area contributed by atoms with E-state index in [4.69, 9.17) is 14.7 Å². The highest BCUT2D eigenvalue weighted by atomic mass is 16.6. The number of amides is 1. The average molecular weight is 391 g/mol. The molecule has 0 bridgehead atoms. The molecule has 0 saturated carbocycles. The second-order valence-electron chi connectivity index (χ2n) is 6.66. The van der Waals surface area contributed by atoms with Crippen molar-refractivity contribution in [2.45, 2.75) is 26.7 Å². The van der Waals surface area contributed by atoms with E-state index in [1.54, 1.807) is 24.3 Å². The van der Waals surface area contributed by atoms with Gasteiger partial charge in [-0.25, -0.2) is 4.79 Å². The lowest BCUT2D eigenvalue weighted by molar-refractivity contribution is -0.136. The minimum absolute atomic E-state index is 0.0509. The van der Waals surface area contributed by atoms with Crippen molar-refractivity contribution in [3.63, 3.8) is 0 Å². The van der Waals surface area contributed by atoms with Crippen LogP contribution in [0.5, 0.6) is 5.75 Å². The van der Waals surface area contributed by atoms with Gasteiger partial charge < -0.3 is 9.47 Å². The van der Waals surface area contributed by atoms with Gasteiger partial charge in [-0.1, -0.05) is 12.1 Å². The van der Waals surface area contributed by atoms with Crippen LogP contribution in [0.1, 0.15) is 29.5 Å². The second-order valence-corrected chi connectivity index (χ2v) is 6.66. The first-order valence-corrected chi connectivity index (χ1v) is 9.25. The molecule has 29 heavy (non-hydrogen) atoms. The van der Waals surface area contributed by atoms with Crippen LogP contribution < -0.4 is 9.75 Å². The maximum absolute atomic E-state index is 12.3. The number of benzene rings is 2. The molecular weight excluding hydrogens is 370 g/mol. The molecule has 0 saturated heterocycles. The highest BCUT2D eigenvalue weighted by Crippen LogP contribution is 2.25. The zero-order valence-electron chi connectivity index (χ0n) is 16.3. The fraction of sp³-hybridized carbons (Fsp3) is 0.273. The van der Waals surface area contributed by atoms with E-state index >= 15 is 0 Å². The lowest BCUT2D eigenvalue weighted by Crippen LogP contribution is -2.35. The minimum atomic E-state index is -0.559. The molecule has 1 amide bonds. The number of nitriles is 1. The molecule has 3 rings (SSSR count). The molecule has 0 aromatic heterocycles. The van der Waals surface area contributed by atoms with E-state index in [9.17, 15) is 9.59 Å². The van der Waals surface area contributed by atoms with Gasteiger partial charge in [0.15, 0.2) is 0 Å². The standard InChI is InChI=1S/C22H21N3O4/c1-15-3-4-16(2)20(13-15)25-21(26)10-9-19(24-25)22(27)29-12-11-28-18-7-5-17(14-23)6-8-18/h3-8,13H,9-12H2,1-2H3. The molecule has 148 valence electrons. The number of rotatable bonds is 6. The molecule has 0 radical (unpaired) electrons. The van der Waals surface area contributed by atoms with Crippen molar-refractivity contribution in [1.82, 2.24) is 0 Å². The van der Waals surface area contributed by atoms with Crippen molar-refractivity contribution in [3.05, 3.63) is 59.2 Å². The Morgan fingerprint density at radius 3 is 2.62 bits per heavy atom. The van der Waals surface area contributed by atoms with E-state index in [1.165, 1.54) is 5.01 Å². The first-order valence-electron chi connectivity index (χ1n) is 9.25. The van der Waals surface area contributed by atoms with Crippen molar-refractivity contribution < 1.29 is 19.1 Å². The summed E-state index contributed by atoms with van der Waals surface area (Å²) in [7, 11) is 0. The quantitative estimate of drug-likeness (QED) is 0.557. The van der Waals surface area contributed by atoms with Crippen LogP contribution in [0.25, 0.3) is 0 Å². The molecule has 0 unspecified atom stereocenters. The number of ether oxygens (including phenoxy) is 2. The van der Waals surface area contributed by atoms with Gasteiger partial charge in [-0.15, -0.1) is 0 Å². The molecule has 1 heterocycles. The molecular formula is C22H21N3O4. The van der Waals surface area contributed by atoms with Crippen molar-refractivity contribution in [2.75, 3.05) is 18.2 Å². The van der Waals surface area contributed by atoms with Crippen molar-refractivity contribution >= 4 is 23.3 Å². The third kappa shape index (κ3) is 4.99. The van der Waals surface area contributed by atoms with Gasteiger partial charge in [0.2, 0.25) is 5.91 Å². The lowest BCUT2D eigenvalue weighted by atomic mass is 10.1. The SMILES string of the molecule is Cc1ccc(C)c(N2N=C(C(=O)OCCOc3ccc(C#N)cc3)CCC2=O)c1. The van der Waals surface area contributed by atoms with E-state index in [0.29, 0.717) is 17.0 Å². The summed E-state index contributed by atoms with van der Waals surface area (Å²) < 4.78 is 10.7. The van der Waals surface area contributed by atoms with Gasteiger partial charge in [0.05, 0.1) is 17.3 Å².